The van der Waals surface area contributed by atoms with Crippen LogP contribution < -0.4 is 15.4 Å². The number of fused-ring (bicyclic) bond motifs is 1. The van der Waals surface area contributed by atoms with Crippen LogP contribution in [0, 0.1) is 0 Å². The Kier molecular flexibility index (Phi) is 5.48. The number of pyridine rings is 1. The standard InChI is InChI=1S/C19H19ClN8O2/c1-10(2)23-15(29)9-30-16-6-3-11(7-21-16)18-25-19(28-27-18)24-14-5-4-13-12(17(14)20)8-22-26-13/h3-8,10H,9H2,1-2H3,(H,22,26)(H,23,29)(H2,24,25,27,28). The number of H-pyrrole nitrogens is 2. The van der Waals surface area contributed by atoms with Crippen LogP contribution in [0.5, 0.6) is 5.88 Å². The second-order valence-electron chi connectivity index (χ2n) is 6.79. The molecule has 3 heterocycles. The highest BCUT2D eigenvalue weighted by molar-refractivity contribution is 6.38. The molecular weight excluding hydrogens is 408 g/mol. The molecule has 0 aliphatic carbocycles. The van der Waals surface area contributed by atoms with Gasteiger partial charge in [-0.2, -0.15) is 10.1 Å². The summed E-state index contributed by atoms with van der Waals surface area (Å²) in [4.78, 5) is 20.3. The Morgan fingerprint density at radius 3 is 2.83 bits per heavy atom. The topological polar surface area (TPSA) is 134 Å². The summed E-state index contributed by atoms with van der Waals surface area (Å²) in [5.41, 5.74) is 2.22. The lowest BCUT2D eigenvalue weighted by Gasteiger charge is -2.09. The van der Waals surface area contributed by atoms with Gasteiger partial charge in [0.05, 0.1) is 22.4 Å². The second-order valence-corrected chi connectivity index (χ2v) is 7.16. The van der Waals surface area contributed by atoms with Gasteiger partial charge in [0.1, 0.15) is 0 Å². The Balaban J connectivity index is 1.42. The first-order chi connectivity index (χ1) is 14.5. The molecular formula is C19H19ClN8O2. The molecule has 0 aliphatic heterocycles. The number of carbonyl (C=O) groups excluding carboxylic acids is 1. The van der Waals surface area contributed by atoms with Gasteiger partial charge in [0.25, 0.3) is 5.91 Å². The van der Waals surface area contributed by atoms with Crippen LogP contribution in [0.1, 0.15) is 13.8 Å². The molecule has 4 aromatic rings. The number of hydrogen-bond acceptors (Lipinski definition) is 7. The Hall–Kier alpha value is -3.66. The fraction of sp³-hybridized carbons (Fsp3) is 0.211. The fourth-order valence-electron chi connectivity index (χ4n) is 2.76. The van der Waals surface area contributed by atoms with Crippen LogP contribution in [0.3, 0.4) is 0 Å². The van der Waals surface area contributed by atoms with Crippen molar-refractivity contribution < 1.29 is 9.53 Å². The van der Waals surface area contributed by atoms with Gasteiger partial charge in [-0.15, -0.1) is 5.10 Å². The summed E-state index contributed by atoms with van der Waals surface area (Å²) in [7, 11) is 0. The van der Waals surface area contributed by atoms with Gasteiger partial charge in [-0.3, -0.25) is 15.0 Å². The van der Waals surface area contributed by atoms with Crippen molar-refractivity contribution in [1.82, 2.24) is 35.7 Å². The number of ether oxygens (including phenoxy) is 1. The molecule has 30 heavy (non-hydrogen) atoms. The number of anilines is 2. The van der Waals surface area contributed by atoms with Crippen LogP contribution in [0.25, 0.3) is 22.3 Å². The minimum absolute atomic E-state index is 0.0576. The Morgan fingerprint density at radius 1 is 1.20 bits per heavy atom. The molecule has 0 bridgehead atoms. The maximum Gasteiger partial charge on any atom is 0.258 e. The molecule has 0 aliphatic rings. The molecule has 10 nitrogen and oxygen atoms in total. The maximum atomic E-state index is 11.6. The average molecular weight is 427 g/mol. The lowest BCUT2D eigenvalue weighted by Crippen LogP contribution is -2.34. The number of nitrogens with one attached hydrogen (secondary N) is 4. The highest BCUT2D eigenvalue weighted by atomic mass is 35.5. The van der Waals surface area contributed by atoms with Crippen molar-refractivity contribution in [2.75, 3.05) is 11.9 Å². The van der Waals surface area contributed by atoms with E-state index in [4.69, 9.17) is 16.3 Å². The first kappa shape index (κ1) is 19.6. The smallest absolute Gasteiger partial charge is 0.258 e. The van der Waals surface area contributed by atoms with Crippen LogP contribution in [0.4, 0.5) is 11.6 Å². The number of aromatic nitrogens is 6. The van der Waals surface area contributed by atoms with Gasteiger partial charge in [0.15, 0.2) is 12.4 Å². The second kappa shape index (κ2) is 8.37. The molecule has 4 N–H and O–H groups in total. The summed E-state index contributed by atoms with van der Waals surface area (Å²) in [6.45, 7) is 3.67. The molecule has 4 rings (SSSR count). The number of halogens is 1. The summed E-state index contributed by atoms with van der Waals surface area (Å²) < 4.78 is 5.38. The van der Waals surface area contributed by atoms with Gasteiger partial charge in [-0.05, 0) is 32.0 Å². The molecule has 0 fully saturated rings. The molecule has 1 amide bonds. The molecule has 0 radical (unpaired) electrons. The first-order valence-electron chi connectivity index (χ1n) is 9.19. The van der Waals surface area contributed by atoms with Crippen LogP contribution in [0.2, 0.25) is 5.02 Å². The van der Waals surface area contributed by atoms with Gasteiger partial charge >= 0.3 is 0 Å². The van der Waals surface area contributed by atoms with Crippen molar-refractivity contribution >= 4 is 40.0 Å². The molecule has 0 unspecified atom stereocenters. The summed E-state index contributed by atoms with van der Waals surface area (Å²) >= 11 is 6.41. The Labute approximate surface area is 176 Å². The van der Waals surface area contributed by atoms with Gasteiger partial charge in [-0.1, -0.05) is 11.6 Å². The normalized spacial score (nSPS) is 11.1. The fourth-order valence-corrected chi connectivity index (χ4v) is 3.02. The predicted molar refractivity (Wildman–Crippen MR) is 113 cm³/mol. The lowest BCUT2D eigenvalue weighted by atomic mass is 10.2. The number of aromatic amines is 2. The molecule has 11 heteroatoms. The monoisotopic (exact) mass is 426 g/mol. The highest BCUT2D eigenvalue weighted by Crippen LogP contribution is 2.31. The van der Waals surface area contributed by atoms with Gasteiger partial charge < -0.3 is 15.4 Å². The summed E-state index contributed by atoms with van der Waals surface area (Å²) in [5.74, 6) is 1.03. The Bertz CT molecular complexity index is 1170. The van der Waals surface area contributed by atoms with Gasteiger partial charge in [-0.25, -0.2) is 4.98 Å². The van der Waals surface area contributed by atoms with Crippen LogP contribution in [-0.2, 0) is 4.79 Å². The molecule has 0 atom stereocenters. The molecule has 1 aromatic carbocycles. The van der Waals surface area contributed by atoms with Crippen molar-refractivity contribution in [3.63, 3.8) is 0 Å². The molecule has 3 aromatic heterocycles. The number of rotatable bonds is 7. The van der Waals surface area contributed by atoms with Crippen molar-refractivity contribution in [3.05, 3.63) is 41.7 Å². The first-order valence-corrected chi connectivity index (χ1v) is 9.57. The van der Waals surface area contributed by atoms with Gasteiger partial charge in [0, 0.05) is 29.3 Å². The van der Waals surface area contributed by atoms with Crippen molar-refractivity contribution in [2.24, 2.45) is 0 Å². The quantitative estimate of drug-likeness (QED) is 0.357. The van der Waals surface area contributed by atoms with E-state index < -0.39 is 0 Å². The molecule has 154 valence electrons. The van der Waals surface area contributed by atoms with Crippen molar-refractivity contribution in [2.45, 2.75) is 19.9 Å². The number of nitrogens with zero attached hydrogens (tertiary/aromatic N) is 4. The third-order valence-corrected chi connectivity index (χ3v) is 4.51. The lowest BCUT2D eigenvalue weighted by molar-refractivity contribution is -0.123. The van der Waals surface area contributed by atoms with Crippen molar-refractivity contribution in [1.29, 1.82) is 0 Å². The van der Waals surface area contributed by atoms with E-state index in [2.05, 4.69) is 41.0 Å². The number of carbonyl (C=O) groups is 1. The maximum absolute atomic E-state index is 11.6. The van der Waals surface area contributed by atoms with Gasteiger partial charge in [0.2, 0.25) is 11.8 Å². The van der Waals surface area contributed by atoms with E-state index in [1.165, 1.54) is 0 Å². The molecule has 0 spiro atoms. The Morgan fingerprint density at radius 2 is 2.07 bits per heavy atom. The van der Waals surface area contributed by atoms with Crippen LogP contribution in [-0.4, -0.2) is 48.9 Å². The summed E-state index contributed by atoms with van der Waals surface area (Å²) in [5, 5.41) is 21.0. The van der Waals surface area contributed by atoms with E-state index in [0.717, 1.165) is 10.9 Å². The minimum Gasteiger partial charge on any atom is -0.468 e. The van der Waals surface area contributed by atoms with E-state index in [1.807, 2.05) is 26.0 Å². The third kappa shape index (κ3) is 4.33. The summed E-state index contributed by atoms with van der Waals surface area (Å²) in [6.07, 6.45) is 3.25. The van der Waals surface area contributed by atoms with E-state index in [9.17, 15) is 4.79 Å². The van der Waals surface area contributed by atoms with Crippen LogP contribution >= 0.6 is 11.6 Å². The van der Waals surface area contributed by atoms with E-state index in [-0.39, 0.29) is 18.6 Å². The van der Waals surface area contributed by atoms with Crippen molar-refractivity contribution in [3.8, 4) is 17.3 Å². The third-order valence-electron chi connectivity index (χ3n) is 4.10. The number of hydrogen-bond donors (Lipinski definition) is 4. The zero-order chi connectivity index (χ0) is 21.1. The van der Waals surface area contributed by atoms with E-state index in [0.29, 0.717) is 33.9 Å². The van der Waals surface area contributed by atoms with E-state index in [1.54, 1.807) is 24.5 Å². The number of benzene rings is 1. The number of amides is 1. The molecule has 0 saturated carbocycles. The SMILES string of the molecule is CC(C)NC(=O)COc1ccc(-c2nc(Nc3ccc4[nH]ncc4c3Cl)n[nH]2)cn1. The minimum atomic E-state index is -0.200. The largest absolute Gasteiger partial charge is 0.468 e. The summed E-state index contributed by atoms with van der Waals surface area (Å²) in [6, 6.07) is 7.19. The zero-order valence-corrected chi connectivity index (χ0v) is 17.0. The highest BCUT2D eigenvalue weighted by Gasteiger charge is 2.11. The van der Waals surface area contributed by atoms with E-state index >= 15 is 0 Å². The molecule has 0 saturated heterocycles. The van der Waals surface area contributed by atoms with Crippen LogP contribution in [0.15, 0.2) is 36.7 Å². The predicted octanol–water partition coefficient (Wildman–Crippen LogP) is 3.04. The average Bonchev–Trinajstić information content (AvgIpc) is 3.38. The zero-order valence-electron chi connectivity index (χ0n) is 16.2.